The number of nitrogen functional groups attached to an aromatic ring is 1. The molecule has 0 aliphatic heterocycles. The van der Waals surface area contributed by atoms with Crippen molar-refractivity contribution in [1.82, 2.24) is 19.4 Å². The van der Waals surface area contributed by atoms with E-state index in [1.807, 2.05) is 47.0 Å². The first-order chi connectivity index (χ1) is 12.1. The standard InChI is InChI=1S/C19H15N5O/c1-12(25)13-5-4-6-14(11-13)17-18(15-8-9-21-19(20)22-15)24-10-3-2-7-16(24)23-17/h2-11H,1H3,(H2,20,21,22). The van der Waals surface area contributed by atoms with Gasteiger partial charge in [0.2, 0.25) is 5.95 Å². The largest absolute Gasteiger partial charge is 0.368 e. The summed E-state index contributed by atoms with van der Waals surface area (Å²) < 4.78 is 1.96. The van der Waals surface area contributed by atoms with Crippen LogP contribution in [0.5, 0.6) is 0 Å². The second-order valence-electron chi connectivity index (χ2n) is 5.67. The molecule has 6 nitrogen and oxygen atoms in total. The summed E-state index contributed by atoms with van der Waals surface area (Å²) in [5, 5.41) is 0. The van der Waals surface area contributed by atoms with E-state index >= 15 is 0 Å². The number of rotatable bonds is 3. The Balaban J connectivity index is 2.03. The number of hydrogen-bond donors (Lipinski definition) is 1. The summed E-state index contributed by atoms with van der Waals surface area (Å²) in [6.07, 6.45) is 3.55. The normalized spacial score (nSPS) is 10.9. The Morgan fingerprint density at radius 3 is 2.76 bits per heavy atom. The van der Waals surface area contributed by atoms with Crippen LogP contribution in [-0.4, -0.2) is 25.1 Å². The minimum absolute atomic E-state index is 0.0124. The molecule has 3 aromatic heterocycles. The molecule has 2 N–H and O–H groups in total. The number of carbonyl (C=O) groups excluding carboxylic acids is 1. The van der Waals surface area contributed by atoms with Gasteiger partial charge in [0, 0.05) is 23.5 Å². The number of hydrogen-bond acceptors (Lipinski definition) is 5. The number of pyridine rings is 1. The molecule has 25 heavy (non-hydrogen) atoms. The summed E-state index contributed by atoms with van der Waals surface area (Å²) in [5.41, 5.74) is 10.3. The fraction of sp³-hybridized carbons (Fsp3) is 0.0526. The lowest BCUT2D eigenvalue weighted by molar-refractivity contribution is 0.101. The van der Waals surface area contributed by atoms with Crippen LogP contribution in [0.25, 0.3) is 28.3 Å². The van der Waals surface area contributed by atoms with E-state index in [1.54, 1.807) is 25.3 Å². The van der Waals surface area contributed by atoms with Crippen molar-refractivity contribution >= 4 is 17.4 Å². The van der Waals surface area contributed by atoms with Gasteiger partial charge < -0.3 is 5.73 Å². The van der Waals surface area contributed by atoms with Crippen molar-refractivity contribution in [1.29, 1.82) is 0 Å². The third kappa shape index (κ3) is 2.63. The summed E-state index contributed by atoms with van der Waals surface area (Å²) in [4.78, 5) is 24.8. The van der Waals surface area contributed by atoms with Gasteiger partial charge in [0.25, 0.3) is 0 Å². The van der Waals surface area contributed by atoms with Crippen LogP contribution in [0, 0.1) is 0 Å². The Hall–Kier alpha value is -3.54. The molecule has 0 aliphatic rings. The van der Waals surface area contributed by atoms with Gasteiger partial charge in [-0.25, -0.2) is 15.0 Å². The van der Waals surface area contributed by atoms with Crippen LogP contribution in [0.4, 0.5) is 5.95 Å². The highest BCUT2D eigenvalue weighted by molar-refractivity contribution is 5.95. The van der Waals surface area contributed by atoms with E-state index in [-0.39, 0.29) is 11.7 Å². The Bertz CT molecular complexity index is 1100. The zero-order valence-electron chi connectivity index (χ0n) is 13.5. The van der Waals surface area contributed by atoms with E-state index < -0.39 is 0 Å². The summed E-state index contributed by atoms with van der Waals surface area (Å²) >= 11 is 0. The van der Waals surface area contributed by atoms with Crippen LogP contribution in [0.2, 0.25) is 0 Å². The molecular weight excluding hydrogens is 314 g/mol. The predicted octanol–water partition coefficient (Wildman–Crippen LogP) is 3.24. The molecule has 4 aromatic rings. The molecule has 0 radical (unpaired) electrons. The highest BCUT2D eigenvalue weighted by atomic mass is 16.1. The lowest BCUT2D eigenvalue weighted by Gasteiger charge is -2.06. The maximum absolute atomic E-state index is 11.7. The van der Waals surface area contributed by atoms with Crippen molar-refractivity contribution in [2.75, 3.05) is 5.73 Å². The Morgan fingerprint density at radius 1 is 1.08 bits per heavy atom. The van der Waals surface area contributed by atoms with E-state index in [9.17, 15) is 4.79 Å². The van der Waals surface area contributed by atoms with Gasteiger partial charge in [-0.3, -0.25) is 9.20 Å². The van der Waals surface area contributed by atoms with E-state index in [2.05, 4.69) is 9.97 Å². The highest BCUT2D eigenvalue weighted by Crippen LogP contribution is 2.32. The molecule has 0 amide bonds. The third-order valence-corrected chi connectivity index (χ3v) is 3.99. The number of anilines is 1. The Morgan fingerprint density at radius 2 is 1.96 bits per heavy atom. The number of fused-ring (bicyclic) bond motifs is 1. The fourth-order valence-electron chi connectivity index (χ4n) is 2.83. The number of nitrogens with zero attached hydrogens (tertiary/aromatic N) is 4. The van der Waals surface area contributed by atoms with Gasteiger partial charge in [0.15, 0.2) is 5.78 Å². The number of benzene rings is 1. The van der Waals surface area contributed by atoms with Crippen LogP contribution in [0.3, 0.4) is 0 Å². The number of carbonyl (C=O) groups is 1. The van der Waals surface area contributed by atoms with Crippen LogP contribution in [0.1, 0.15) is 17.3 Å². The number of aromatic nitrogens is 4. The molecule has 3 heterocycles. The highest BCUT2D eigenvalue weighted by Gasteiger charge is 2.17. The molecule has 0 spiro atoms. The first-order valence-electron chi connectivity index (χ1n) is 7.81. The van der Waals surface area contributed by atoms with Gasteiger partial charge in [-0.2, -0.15) is 0 Å². The van der Waals surface area contributed by atoms with Gasteiger partial charge in [-0.15, -0.1) is 0 Å². The minimum Gasteiger partial charge on any atom is -0.368 e. The Labute approximate surface area is 144 Å². The van der Waals surface area contributed by atoms with Crippen LogP contribution in [0.15, 0.2) is 60.9 Å². The minimum atomic E-state index is 0.0124. The molecule has 0 saturated carbocycles. The number of Topliss-reactive ketones (excluding diaryl/α,β-unsaturated/α-hetero) is 1. The Kier molecular flexibility index (Phi) is 3.50. The van der Waals surface area contributed by atoms with Gasteiger partial charge in [-0.05, 0) is 31.2 Å². The van der Waals surface area contributed by atoms with Crippen LogP contribution < -0.4 is 5.73 Å². The first-order valence-corrected chi connectivity index (χ1v) is 7.81. The number of imidazole rings is 1. The summed E-state index contributed by atoms with van der Waals surface area (Å²) in [7, 11) is 0. The van der Waals surface area contributed by atoms with Gasteiger partial charge >= 0.3 is 0 Å². The second-order valence-corrected chi connectivity index (χ2v) is 5.67. The number of ketones is 1. The summed E-state index contributed by atoms with van der Waals surface area (Å²) in [6.45, 7) is 1.55. The zero-order chi connectivity index (χ0) is 17.4. The second kappa shape index (κ2) is 5.83. The lowest BCUT2D eigenvalue weighted by atomic mass is 10.0. The maximum atomic E-state index is 11.7. The maximum Gasteiger partial charge on any atom is 0.220 e. The molecule has 6 heteroatoms. The third-order valence-electron chi connectivity index (χ3n) is 3.99. The van der Waals surface area contributed by atoms with Gasteiger partial charge in [-0.1, -0.05) is 24.3 Å². The van der Waals surface area contributed by atoms with Crippen molar-refractivity contribution in [3.8, 4) is 22.6 Å². The van der Waals surface area contributed by atoms with Gasteiger partial charge in [0.1, 0.15) is 5.65 Å². The molecule has 122 valence electrons. The van der Waals surface area contributed by atoms with Crippen LogP contribution >= 0.6 is 0 Å². The molecule has 0 unspecified atom stereocenters. The molecule has 1 aromatic carbocycles. The fourth-order valence-corrected chi connectivity index (χ4v) is 2.83. The quantitative estimate of drug-likeness (QED) is 0.583. The van der Waals surface area contributed by atoms with Crippen molar-refractivity contribution in [3.05, 3.63) is 66.5 Å². The van der Waals surface area contributed by atoms with E-state index in [0.717, 1.165) is 22.6 Å². The summed E-state index contributed by atoms with van der Waals surface area (Å²) in [5.74, 6) is 0.213. The molecule has 0 atom stereocenters. The summed E-state index contributed by atoms with van der Waals surface area (Å²) in [6, 6.07) is 15.0. The molecule has 0 fully saturated rings. The van der Waals surface area contributed by atoms with Crippen LogP contribution in [-0.2, 0) is 0 Å². The van der Waals surface area contributed by atoms with Crippen molar-refractivity contribution in [2.24, 2.45) is 0 Å². The van der Waals surface area contributed by atoms with Crippen molar-refractivity contribution in [2.45, 2.75) is 6.92 Å². The average molecular weight is 329 g/mol. The smallest absolute Gasteiger partial charge is 0.220 e. The predicted molar refractivity (Wildman–Crippen MR) is 96.1 cm³/mol. The average Bonchev–Trinajstić information content (AvgIpc) is 3.01. The van der Waals surface area contributed by atoms with E-state index in [4.69, 9.17) is 10.7 Å². The zero-order valence-corrected chi connectivity index (χ0v) is 13.5. The number of nitrogens with two attached hydrogens (primary N) is 1. The molecule has 0 aliphatic carbocycles. The van der Waals surface area contributed by atoms with Gasteiger partial charge in [0.05, 0.1) is 17.1 Å². The molecule has 0 bridgehead atoms. The molecule has 0 saturated heterocycles. The SMILES string of the molecule is CC(=O)c1cccc(-c2nc3ccccn3c2-c2ccnc(N)n2)c1. The van der Waals surface area contributed by atoms with E-state index in [1.165, 1.54) is 0 Å². The van der Waals surface area contributed by atoms with Crippen molar-refractivity contribution in [3.63, 3.8) is 0 Å². The van der Waals surface area contributed by atoms with E-state index in [0.29, 0.717) is 11.3 Å². The molecular formula is C19H15N5O. The lowest BCUT2D eigenvalue weighted by Crippen LogP contribution is -1.98. The van der Waals surface area contributed by atoms with Crippen molar-refractivity contribution < 1.29 is 4.79 Å². The monoisotopic (exact) mass is 329 g/mol. The first kappa shape index (κ1) is 15.0. The topological polar surface area (TPSA) is 86.2 Å². The molecule has 4 rings (SSSR count).